The number of benzene rings is 2. The van der Waals surface area contributed by atoms with E-state index < -0.39 is 5.97 Å². The molecule has 0 amide bonds. The number of aliphatic carboxylic acids is 1. The van der Waals surface area contributed by atoms with Crippen molar-refractivity contribution in [1.82, 2.24) is 0 Å². The van der Waals surface area contributed by atoms with E-state index in [0.717, 1.165) is 40.7 Å². The summed E-state index contributed by atoms with van der Waals surface area (Å²) in [5.74, 6) is -1.14. The normalized spacial score (nSPS) is 12.4. The Morgan fingerprint density at radius 1 is 1.07 bits per heavy atom. The second-order valence-electron chi connectivity index (χ2n) is 7.39. The zero-order chi connectivity index (χ0) is 21.6. The van der Waals surface area contributed by atoms with Crippen molar-refractivity contribution in [2.24, 2.45) is 5.16 Å². The summed E-state index contributed by atoms with van der Waals surface area (Å²) in [4.78, 5) is 10.7. The second-order valence-corrected chi connectivity index (χ2v) is 7.39. The number of phenolic OH excluding ortho intramolecular Hbond substituents is 1. The Labute approximate surface area is 170 Å². The van der Waals surface area contributed by atoms with Crippen molar-refractivity contribution in [1.29, 1.82) is 0 Å². The van der Waals surface area contributed by atoms with E-state index in [4.69, 9.17) is 10.3 Å². The van der Waals surface area contributed by atoms with Gasteiger partial charge in [0.05, 0.1) is 6.21 Å². The maximum absolute atomic E-state index is 13.5. The number of carboxylic acids is 1. The summed E-state index contributed by atoms with van der Waals surface area (Å²) in [6, 6.07) is 6.23. The van der Waals surface area contributed by atoms with Crippen LogP contribution in [0.5, 0.6) is 5.75 Å². The minimum Gasteiger partial charge on any atom is -0.507 e. The first-order chi connectivity index (χ1) is 13.8. The Morgan fingerprint density at radius 3 is 2.31 bits per heavy atom. The number of oxime groups is 1. The van der Waals surface area contributed by atoms with E-state index in [-0.39, 0.29) is 23.9 Å². The summed E-state index contributed by atoms with van der Waals surface area (Å²) < 4.78 is 13.5. The first kappa shape index (κ1) is 22.4. The molecule has 0 aliphatic rings. The molecule has 0 spiro atoms. The Hall–Kier alpha value is -2.89. The van der Waals surface area contributed by atoms with Crippen molar-refractivity contribution in [3.8, 4) is 5.75 Å². The van der Waals surface area contributed by atoms with Gasteiger partial charge in [0.2, 0.25) is 0 Å². The van der Waals surface area contributed by atoms with Gasteiger partial charge in [-0.3, -0.25) is 4.79 Å². The molecule has 3 N–H and O–H groups in total. The molecule has 0 fully saturated rings. The predicted molar refractivity (Wildman–Crippen MR) is 111 cm³/mol. The third-order valence-electron chi connectivity index (χ3n) is 5.58. The zero-order valence-corrected chi connectivity index (χ0v) is 17.1. The lowest BCUT2D eigenvalue weighted by Gasteiger charge is -2.25. The third-order valence-corrected chi connectivity index (χ3v) is 5.58. The number of aromatic hydroxyl groups is 1. The van der Waals surface area contributed by atoms with Crippen LogP contribution in [-0.2, 0) is 4.79 Å². The van der Waals surface area contributed by atoms with E-state index in [1.807, 2.05) is 20.8 Å². The summed E-state index contributed by atoms with van der Waals surface area (Å²) in [6.07, 6.45) is 4.29. The highest BCUT2D eigenvalue weighted by Crippen LogP contribution is 2.41. The summed E-state index contributed by atoms with van der Waals surface area (Å²) in [5.41, 5.74) is 4.70. The van der Waals surface area contributed by atoms with Crippen molar-refractivity contribution < 1.29 is 24.6 Å². The molecular formula is C23H28FNO4. The highest BCUT2D eigenvalue weighted by molar-refractivity contribution is 5.86. The maximum Gasteiger partial charge on any atom is 0.303 e. The largest absolute Gasteiger partial charge is 0.507 e. The fourth-order valence-corrected chi connectivity index (χ4v) is 3.84. The van der Waals surface area contributed by atoms with Crippen molar-refractivity contribution in [2.45, 2.75) is 58.8 Å². The van der Waals surface area contributed by atoms with Crippen molar-refractivity contribution in [3.05, 3.63) is 63.5 Å². The monoisotopic (exact) mass is 401 g/mol. The molecule has 6 heteroatoms. The summed E-state index contributed by atoms with van der Waals surface area (Å²) in [5, 5.41) is 32.0. The van der Waals surface area contributed by atoms with E-state index in [9.17, 15) is 14.3 Å². The quantitative estimate of drug-likeness (QED) is 0.226. The van der Waals surface area contributed by atoms with Gasteiger partial charge in [0.15, 0.2) is 0 Å². The molecular weight excluding hydrogens is 373 g/mol. The van der Waals surface area contributed by atoms with Gasteiger partial charge in [-0.25, -0.2) is 4.39 Å². The van der Waals surface area contributed by atoms with Crippen molar-refractivity contribution in [2.75, 3.05) is 0 Å². The molecule has 0 saturated carbocycles. The minimum atomic E-state index is -0.810. The summed E-state index contributed by atoms with van der Waals surface area (Å²) >= 11 is 0. The van der Waals surface area contributed by atoms with Crippen LogP contribution in [0.2, 0.25) is 0 Å². The molecule has 0 aromatic heterocycles. The van der Waals surface area contributed by atoms with Gasteiger partial charge < -0.3 is 15.4 Å². The molecule has 1 atom stereocenters. The average molecular weight is 401 g/mol. The highest BCUT2D eigenvalue weighted by Gasteiger charge is 2.24. The predicted octanol–water partition coefficient (Wildman–Crippen LogP) is 5.43. The SMILES string of the molecule is Cc1c(C)c(C=NO)c(C)c(C(CCCCCC(=O)O)c2ccc(F)cc2)c1O. The van der Waals surface area contributed by atoms with Crippen LogP contribution in [-0.4, -0.2) is 27.6 Å². The van der Waals surface area contributed by atoms with Crippen LogP contribution in [0.25, 0.3) is 0 Å². The van der Waals surface area contributed by atoms with Crippen LogP contribution in [0, 0.1) is 26.6 Å². The molecule has 5 nitrogen and oxygen atoms in total. The minimum absolute atomic E-state index is 0.131. The van der Waals surface area contributed by atoms with Crippen LogP contribution in [0.15, 0.2) is 29.4 Å². The fraction of sp³-hybridized carbons (Fsp3) is 0.391. The van der Waals surface area contributed by atoms with Crippen molar-refractivity contribution >= 4 is 12.2 Å². The standard InChI is InChI=1S/C23H28FNO4/c1-14-15(2)23(28)22(16(3)20(14)13-25-29)19(7-5-4-6-8-21(26)27)17-9-11-18(24)12-10-17/h9-13,19,28-29H,4-8H2,1-3H3,(H,26,27). The third kappa shape index (κ3) is 5.34. The maximum atomic E-state index is 13.5. The van der Waals surface area contributed by atoms with Crippen LogP contribution >= 0.6 is 0 Å². The summed E-state index contributed by atoms with van der Waals surface area (Å²) in [7, 11) is 0. The lowest BCUT2D eigenvalue weighted by atomic mass is 9.80. The van der Waals surface area contributed by atoms with Gasteiger partial charge in [0.25, 0.3) is 0 Å². The number of unbranched alkanes of at least 4 members (excludes halogenated alkanes) is 2. The van der Waals surface area contributed by atoms with Gasteiger partial charge in [-0.05, 0) is 68.0 Å². The Morgan fingerprint density at radius 2 is 1.72 bits per heavy atom. The second kappa shape index (κ2) is 10.0. The molecule has 2 rings (SSSR count). The zero-order valence-electron chi connectivity index (χ0n) is 17.1. The van der Waals surface area contributed by atoms with E-state index in [1.54, 1.807) is 12.1 Å². The topological polar surface area (TPSA) is 90.1 Å². The van der Waals surface area contributed by atoms with Crippen molar-refractivity contribution in [3.63, 3.8) is 0 Å². The van der Waals surface area contributed by atoms with Gasteiger partial charge in [0, 0.05) is 23.5 Å². The molecule has 1 unspecified atom stereocenters. The number of hydrogen-bond acceptors (Lipinski definition) is 4. The fourth-order valence-electron chi connectivity index (χ4n) is 3.84. The number of nitrogens with zero attached hydrogens (tertiary/aromatic N) is 1. The van der Waals surface area contributed by atoms with Gasteiger partial charge in [-0.1, -0.05) is 30.1 Å². The smallest absolute Gasteiger partial charge is 0.303 e. The van der Waals surface area contributed by atoms with Gasteiger partial charge >= 0.3 is 5.97 Å². The number of hydrogen-bond donors (Lipinski definition) is 3. The molecule has 0 heterocycles. The van der Waals surface area contributed by atoms with Gasteiger partial charge in [-0.2, -0.15) is 0 Å². The van der Waals surface area contributed by atoms with E-state index in [2.05, 4.69) is 5.16 Å². The molecule has 156 valence electrons. The lowest BCUT2D eigenvalue weighted by Crippen LogP contribution is -2.09. The number of carbonyl (C=O) groups is 1. The molecule has 2 aromatic rings. The first-order valence-electron chi connectivity index (χ1n) is 9.75. The number of halogens is 1. The molecule has 0 aliphatic carbocycles. The molecule has 0 bridgehead atoms. The average Bonchev–Trinajstić information content (AvgIpc) is 2.68. The highest BCUT2D eigenvalue weighted by atomic mass is 19.1. The van der Waals surface area contributed by atoms with Crippen LogP contribution < -0.4 is 0 Å². The molecule has 2 aromatic carbocycles. The molecule has 0 radical (unpaired) electrons. The van der Waals surface area contributed by atoms with Crippen LogP contribution in [0.4, 0.5) is 4.39 Å². The molecule has 0 aliphatic heterocycles. The van der Waals surface area contributed by atoms with Crippen LogP contribution in [0.3, 0.4) is 0 Å². The van der Waals surface area contributed by atoms with E-state index in [1.165, 1.54) is 18.3 Å². The number of carboxylic acid groups (broad SMARTS) is 1. The number of rotatable bonds is 9. The summed E-state index contributed by atoms with van der Waals surface area (Å²) in [6.45, 7) is 5.55. The van der Waals surface area contributed by atoms with Gasteiger partial charge in [0.1, 0.15) is 11.6 Å². The van der Waals surface area contributed by atoms with Crippen LogP contribution in [0.1, 0.15) is 71.4 Å². The first-order valence-corrected chi connectivity index (χ1v) is 9.75. The molecule has 29 heavy (non-hydrogen) atoms. The Bertz CT molecular complexity index is 891. The van der Waals surface area contributed by atoms with E-state index in [0.29, 0.717) is 18.4 Å². The number of phenols is 1. The Kier molecular flexibility index (Phi) is 7.76. The molecule has 0 saturated heterocycles. The lowest BCUT2D eigenvalue weighted by molar-refractivity contribution is -0.137. The van der Waals surface area contributed by atoms with E-state index >= 15 is 0 Å². The Balaban J connectivity index is 2.47. The van der Waals surface area contributed by atoms with Gasteiger partial charge in [-0.15, -0.1) is 0 Å².